The lowest BCUT2D eigenvalue weighted by Crippen LogP contribution is -2.18. The van der Waals surface area contributed by atoms with E-state index in [1.807, 2.05) is 24.3 Å². The molecule has 0 fully saturated rings. The van der Waals surface area contributed by atoms with Crippen LogP contribution in [0.1, 0.15) is 16.1 Å². The van der Waals surface area contributed by atoms with Gasteiger partial charge >= 0.3 is 0 Å². The van der Waals surface area contributed by atoms with Crippen LogP contribution >= 0.6 is 0 Å². The Balaban J connectivity index is 2.01. The summed E-state index contributed by atoms with van der Waals surface area (Å²) in [5, 5.41) is 10.1. The first-order valence-electron chi connectivity index (χ1n) is 5.27. The van der Waals surface area contributed by atoms with Gasteiger partial charge in [0.2, 0.25) is 0 Å². The fourth-order valence-electron chi connectivity index (χ4n) is 1.38. The number of methoxy groups -OCH3 is 1. The zero-order chi connectivity index (χ0) is 12.8. The third kappa shape index (κ3) is 2.73. The van der Waals surface area contributed by atoms with Crippen LogP contribution in [0.15, 0.2) is 41.6 Å². The average molecular weight is 244 g/mol. The van der Waals surface area contributed by atoms with Crippen molar-refractivity contribution >= 4 is 12.1 Å². The number of rotatable bonds is 4. The SMILES string of the molecule is COc1ccccc1/C=N\NC(=O)c1ccn[nH]1. The Morgan fingerprint density at radius 2 is 2.28 bits per heavy atom. The summed E-state index contributed by atoms with van der Waals surface area (Å²) in [5.41, 5.74) is 3.52. The lowest BCUT2D eigenvalue weighted by Gasteiger charge is -2.02. The van der Waals surface area contributed by atoms with Gasteiger partial charge in [0.05, 0.1) is 13.3 Å². The van der Waals surface area contributed by atoms with Gasteiger partial charge in [0, 0.05) is 11.8 Å². The fraction of sp³-hybridized carbons (Fsp3) is 0.0833. The predicted octanol–water partition coefficient (Wildman–Crippen LogP) is 1.18. The summed E-state index contributed by atoms with van der Waals surface area (Å²) in [5.74, 6) is 0.343. The predicted molar refractivity (Wildman–Crippen MR) is 66.6 cm³/mol. The van der Waals surface area contributed by atoms with E-state index in [2.05, 4.69) is 20.7 Å². The first kappa shape index (κ1) is 11.8. The van der Waals surface area contributed by atoms with Gasteiger partial charge < -0.3 is 4.74 Å². The number of hydrogen-bond donors (Lipinski definition) is 2. The molecular formula is C12H12N4O2. The summed E-state index contributed by atoms with van der Waals surface area (Å²) >= 11 is 0. The number of aromatic nitrogens is 2. The molecular weight excluding hydrogens is 232 g/mol. The Labute approximate surface area is 104 Å². The van der Waals surface area contributed by atoms with Crippen molar-refractivity contribution in [1.82, 2.24) is 15.6 Å². The minimum Gasteiger partial charge on any atom is -0.496 e. The molecule has 0 radical (unpaired) electrons. The van der Waals surface area contributed by atoms with Crippen molar-refractivity contribution in [1.29, 1.82) is 0 Å². The number of amides is 1. The largest absolute Gasteiger partial charge is 0.496 e. The molecule has 1 aromatic carbocycles. The van der Waals surface area contributed by atoms with Crippen LogP contribution in [0, 0.1) is 0 Å². The highest BCUT2D eigenvalue weighted by Crippen LogP contribution is 2.14. The zero-order valence-electron chi connectivity index (χ0n) is 9.75. The molecule has 1 heterocycles. The number of hydrogen-bond acceptors (Lipinski definition) is 4. The molecule has 0 spiro atoms. The molecule has 0 saturated heterocycles. The Morgan fingerprint density at radius 1 is 1.44 bits per heavy atom. The number of hydrazone groups is 1. The number of ether oxygens (including phenoxy) is 1. The van der Waals surface area contributed by atoms with Gasteiger partial charge in [0.1, 0.15) is 11.4 Å². The Morgan fingerprint density at radius 3 is 3.00 bits per heavy atom. The van der Waals surface area contributed by atoms with Crippen LogP contribution in [0.4, 0.5) is 0 Å². The van der Waals surface area contributed by atoms with Crippen molar-refractivity contribution in [3.8, 4) is 5.75 Å². The van der Waals surface area contributed by atoms with Crippen LogP contribution < -0.4 is 10.2 Å². The van der Waals surface area contributed by atoms with Crippen LogP contribution in [-0.4, -0.2) is 29.4 Å². The fourth-order valence-corrected chi connectivity index (χ4v) is 1.38. The highest BCUT2D eigenvalue weighted by atomic mass is 16.5. The number of benzene rings is 1. The van der Waals surface area contributed by atoms with Crippen molar-refractivity contribution < 1.29 is 9.53 Å². The molecule has 0 bridgehead atoms. The van der Waals surface area contributed by atoms with Crippen molar-refractivity contribution in [2.75, 3.05) is 7.11 Å². The lowest BCUT2D eigenvalue weighted by molar-refractivity contribution is 0.0950. The van der Waals surface area contributed by atoms with Gasteiger partial charge in [0.15, 0.2) is 0 Å². The summed E-state index contributed by atoms with van der Waals surface area (Å²) in [4.78, 5) is 11.5. The minimum absolute atomic E-state index is 0.348. The number of carbonyl (C=O) groups excluding carboxylic acids is 1. The van der Waals surface area contributed by atoms with E-state index in [9.17, 15) is 4.79 Å². The highest BCUT2D eigenvalue weighted by Gasteiger charge is 2.04. The van der Waals surface area contributed by atoms with E-state index >= 15 is 0 Å². The number of para-hydroxylation sites is 1. The van der Waals surface area contributed by atoms with E-state index in [-0.39, 0.29) is 5.91 Å². The van der Waals surface area contributed by atoms with Crippen LogP contribution in [-0.2, 0) is 0 Å². The van der Waals surface area contributed by atoms with E-state index in [1.54, 1.807) is 13.2 Å². The number of carbonyl (C=O) groups is 1. The summed E-state index contributed by atoms with van der Waals surface area (Å²) < 4.78 is 5.15. The average Bonchev–Trinajstić information content (AvgIpc) is 2.93. The van der Waals surface area contributed by atoms with Gasteiger partial charge in [0.25, 0.3) is 5.91 Å². The molecule has 0 saturated carbocycles. The summed E-state index contributed by atoms with van der Waals surface area (Å²) in [6.45, 7) is 0. The Bertz CT molecular complexity index is 549. The van der Waals surface area contributed by atoms with Crippen LogP contribution in [0.3, 0.4) is 0 Å². The van der Waals surface area contributed by atoms with Gasteiger partial charge in [-0.1, -0.05) is 12.1 Å². The van der Waals surface area contributed by atoms with E-state index < -0.39 is 0 Å². The molecule has 92 valence electrons. The van der Waals surface area contributed by atoms with Gasteiger partial charge in [-0.25, -0.2) is 5.43 Å². The Hall–Kier alpha value is -2.63. The number of nitrogens with one attached hydrogen (secondary N) is 2. The second-order valence-electron chi connectivity index (χ2n) is 3.41. The molecule has 0 aliphatic rings. The van der Waals surface area contributed by atoms with Gasteiger partial charge in [-0.05, 0) is 18.2 Å². The molecule has 1 amide bonds. The standard InChI is InChI=1S/C12H12N4O2/c1-18-11-5-3-2-4-9(11)8-14-16-12(17)10-6-7-13-15-10/h2-8H,1H3,(H,13,15)(H,16,17)/b14-8-. The van der Waals surface area contributed by atoms with Crippen molar-refractivity contribution in [2.45, 2.75) is 0 Å². The molecule has 6 heteroatoms. The maximum atomic E-state index is 11.5. The summed E-state index contributed by atoms with van der Waals surface area (Å²) in [6.07, 6.45) is 3.02. The molecule has 2 rings (SSSR count). The first-order chi connectivity index (χ1) is 8.81. The van der Waals surface area contributed by atoms with Crippen LogP contribution in [0.25, 0.3) is 0 Å². The van der Waals surface area contributed by atoms with Crippen molar-refractivity contribution in [3.63, 3.8) is 0 Å². The quantitative estimate of drug-likeness (QED) is 0.626. The molecule has 1 aromatic heterocycles. The molecule has 0 aliphatic carbocycles. The van der Waals surface area contributed by atoms with E-state index in [1.165, 1.54) is 12.4 Å². The second kappa shape index (κ2) is 5.62. The molecule has 0 aliphatic heterocycles. The topological polar surface area (TPSA) is 79.4 Å². The third-order valence-corrected chi connectivity index (χ3v) is 2.25. The lowest BCUT2D eigenvalue weighted by atomic mass is 10.2. The highest BCUT2D eigenvalue weighted by molar-refractivity contribution is 5.93. The smallest absolute Gasteiger partial charge is 0.289 e. The number of H-pyrrole nitrogens is 1. The maximum Gasteiger partial charge on any atom is 0.289 e. The normalized spacial score (nSPS) is 10.5. The van der Waals surface area contributed by atoms with Crippen LogP contribution in [0.2, 0.25) is 0 Å². The molecule has 18 heavy (non-hydrogen) atoms. The van der Waals surface area contributed by atoms with Crippen molar-refractivity contribution in [2.24, 2.45) is 5.10 Å². The molecule has 2 aromatic rings. The number of nitrogens with zero attached hydrogens (tertiary/aromatic N) is 2. The van der Waals surface area contributed by atoms with Crippen LogP contribution in [0.5, 0.6) is 5.75 Å². The van der Waals surface area contributed by atoms with Gasteiger partial charge in [-0.15, -0.1) is 0 Å². The molecule has 0 unspecified atom stereocenters. The van der Waals surface area contributed by atoms with E-state index in [4.69, 9.17) is 4.74 Å². The number of aromatic amines is 1. The molecule has 6 nitrogen and oxygen atoms in total. The Kier molecular flexibility index (Phi) is 3.70. The maximum absolute atomic E-state index is 11.5. The summed E-state index contributed by atoms with van der Waals surface area (Å²) in [7, 11) is 1.58. The first-order valence-corrected chi connectivity index (χ1v) is 5.27. The minimum atomic E-state index is -0.348. The van der Waals surface area contributed by atoms with E-state index in [0.717, 1.165) is 5.56 Å². The second-order valence-corrected chi connectivity index (χ2v) is 3.41. The van der Waals surface area contributed by atoms with Gasteiger partial charge in [-0.3, -0.25) is 9.89 Å². The van der Waals surface area contributed by atoms with Gasteiger partial charge in [-0.2, -0.15) is 10.2 Å². The summed E-state index contributed by atoms with van der Waals surface area (Å²) in [6, 6.07) is 8.94. The molecule has 0 atom stereocenters. The monoisotopic (exact) mass is 244 g/mol. The third-order valence-electron chi connectivity index (χ3n) is 2.25. The zero-order valence-corrected chi connectivity index (χ0v) is 9.75. The van der Waals surface area contributed by atoms with E-state index in [0.29, 0.717) is 11.4 Å². The van der Waals surface area contributed by atoms with Crippen molar-refractivity contribution in [3.05, 3.63) is 47.8 Å². The molecule has 2 N–H and O–H groups in total.